The first-order valence-electron chi connectivity index (χ1n) is 10.5. The molecule has 2 N–H and O–H groups in total. The van der Waals surface area contributed by atoms with Gasteiger partial charge in [-0.1, -0.05) is 36.4 Å². The minimum absolute atomic E-state index is 0.0611. The van der Waals surface area contributed by atoms with Gasteiger partial charge in [-0.3, -0.25) is 14.7 Å². The maximum Gasteiger partial charge on any atom is 0.242 e. The minimum atomic E-state index is -0.859. The summed E-state index contributed by atoms with van der Waals surface area (Å²) in [6.45, 7) is 5.51. The molecule has 0 aliphatic carbocycles. The quantitative estimate of drug-likeness (QED) is 0.628. The van der Waals surface area contributed by atoms with E-state index in [2.05, 4.69) is 25.3 Å². The van der Waals surface area contributed by atoms with Gasteiger partial charge in [0.25, 0.3) is 0 Å². The molecular formula is C23H28N6O2. The topological polar surface area (TPSA) is 96.2 Å². The SMILES string of the molecule is Cc1nc(C)n(CC(=O)N[C@]2(c3ccccc3)CCN(Cc3ccccn3)C[C@H]2O)n1. The first kappa shape index (κ1) is 21.1. The molecule has 3 aromatic rings. The summed E-state index contributed by atoms with van der Waals surface area (Å²) >= 11 is 0. The number of β-amino-alcohol motifs (C(OH)–C–C–N with tert-alkyl or cyclic N) is 1. The highest BCUT2D eigenvalue weighted by Crippen LogP contribution is 2.34. The number of amides is 1. The van der Waals surface area contributed by atoms with E-state index in [1.807, 2.05) is 55.5 Å². The number of hydrogen-bond donors (Lipinski definition) is 2. The van der Waals surface area contributed by atoms with Crippen LogP contribution in [-0.2, 0) is 23.4 Å². The van der Waals surface area contributed by atoms with Gasteiger partial charge >= 0.3 is 0 Å². The van der Waals surface area contributed by atoms with Gasteiger partial charge in [0, 0.05) is 25.8 Å². The third-order valence-corrected chi connectivity index (χ3v) is 5.84. The monoisotopic (exact) mass is 420 g/mol. The van der Waals surface area contributed by atoms with Crippen LogP contribution in [0.2, 0.25) is 0 Å². The predicted molar refractivity (Wildman–Crippen MR) is 116 cm³/mol. The Kier molecular flexibility index (Phi) is 6.11. The maximum absolute atomic E-state index is 13.0. The fourth-order valence-corrected chi connectivity index (χ4v) is 4.28. The van der Waals surface area contributed by atoms with Gasteiger partial charge in [-0.25, -0.2) is 9.67 Å². The molecule has 8 nitrogen and oxygen atoms in total. The Balaban J connectivity index is 1.53. The van der Waals surface area contributed by atoms with Crippen molar-refractivity contribution in [2.45, 2.75) is 45.0 Å². The number of nitrogens with one attached hydrogen (secondary N) is 1. The number of carbonyl (C=O) groups excluding carboxylic acids is 1. The maximum atomic E-state index is 13.0. The summed E-state index contributed by atoms with van der Waals surface area (Å²) in [5.74, 6) is 1.12. The molecule has 1 amide bonds. The standard InChI is InChI=1S/C23H28N6O2/c1-17-25-18(2)29(27-17)16-22(31)26-23(19-8-4-3-5-9-19)11-13-28(15-21(23)30)14-20-10-6-7-12-24-20/h3-10,12,21,30H,11,13-16H2,1-2H3,(H,26,31)/t21-,23+/m1/s1. The number of rotatable bonds is 6. The molecule has 3 heterocycles. The number of aliphatic hydroxyl groups is 1. The number of likely N-dealkylation sites (tertiary alicyclic amines) is 1. The molecule has 0 bridgehead atoms. The van der Waals surface area contributed by atoms with Crippen LogP contribution >= 0.6 is 0 Å². The Hall–Kier alpha value is -3.10. The van der Waals surface area contributed by atoms with Gasteiger partial charge in [-0.15, -0.1) is 0 Å². The largest absolute Gasteiger partial charge is 0.389 e. The van der Waals surface area contributed by atoms with E-state index in [0.717, 1.165) is 17.8 Å². The van der Waals surface area contributed by atoms with Gasteiger partial charge in [0.2, 0.25) is 5.91 Å². The summed E-state index contributed by atoms with van der Waals surface area (Å²) in [5.41, 5.74) is 1.01. The zero-order valence-corrected chi connectivity index (χ0v) is 17.9. The van der Waals surface area contributed by atoms with Crippen LogP contribution in [0.4, 0.5) is 0 Å². The molecule has 31 heavy (non-hydrogen) atoms. The van der Waals surface area contributed by atoms with Crippen LogP contribution in [-0.4, -0.2) is 54.9 Å². The lowest BCUT2D eigenvalue weighted by Gasteiger charge is -2.46. The number of hydrogen-bond acceptors (Lipinski definition) is 6. The average Bonchev–Trinajstić information content (AvgIpc) is 3.08. The Labute approximate surface area is 182 Å². The average molecular weight is 421 g/mol. The van der Waals surface area contributed by atoms with Crippen molar-refractivity contribution in [2.24, 2.45) is 0 Å². The van der Waals surface area contributed by atoms with Crippen LogP contribution in [0, 0.1) is 13.8 Å². The zero-order valence-electron chi connectivity index (χ0n) is 17.9. The fraction of sp³-hybridized carbons (Fsp3) is 0.391. The zero-order chi connectivity index (χ0) is 21.8. The third kappa shape index (κ3) is 4.65. The number of pyridine rings is 1. The predicted octanol–water partition coefficient (Wildman–Crippen LogP) is 1.57. The van der Waals surface area contributed by atoms with Crippen molar-refractivity contribution in [3.8, 4) is 0 Å². The van der Waals surface area contributed by atoms with Crippen molar-refractivity contribution in [3.63, 3.8) is 0 Å². The van der Waals surface area contributed by atoms with Crippen LogP contribution in [0.25, 0.3) is 0 Å². The first-order valence-corrected chi connectivity index (χ1v) is 10.5. The molecule has 4 rings (SSSR count). The van der Waals surface area contributed by atoms with Crippen molar-refractivity contribution >= 4 is 5.91 Å². The summed E-state index contributed by atoms with van der Waals surface area (Å²) in [5, 5.41) is 18.7. The van der Waals surface area contributed by atoms with Crippen LogP contribution in [0.5, 0.6) is 0 Å². The molecule has 162 valence electrons. The molecule has 2 aromatic heterocycles. The van der Waals surface area contributed by atoms with Gasteiger partial charge < -0.3 is 10.4 Å². The molecule has 1 fully saturated rings. The summed E-state index contributed by atoms with van der Waals surface area (Å²) in [7, 11) is 0. The van der Waals surface area contributed by atoms with Gasteiger partial charge in [0.05, 0.1) is 17.3 Å². The van der Waals surface area contributed by atoms with E-state index in [1.165, 1.54) is 0 Å². The summed E-state index contributed by atoms with van der Waals surface area (Å²) in [6, 6.07) is 15.6. The van der Waals surface area contributed by atoms with E-state index < -0.39 is 11.6 Å². The molecule has 8 heteroatoms. The van der Waals surface area contributed by atoms with Crippen molar-refractivity contribution in [3.05, 3.63) is 77.6 Å². The Morgan fingerprint density at radius 2 is 1.97 bits per heavy atom. The van der Waals surface area contributed by atoms with E-state index in [1.54, 1.807) is 17.8 Å². The highest BCUT2D eigenvalue weighted by molar-refractivity contribution is 5.77. The Bertz CT molecular complexity index is 1020. The van der Waals surface area contributed by atoms with Crippen molar-refractivity contribution in [2.75, 3.05) is 13.1 Å². The Morgan fingerprint density at radius 3 is 2.61 bits per heavy atom. The highest BCUT2D eigenvalue weighted by Gasteiger charge is 2.45. The molecule has 0 spiro atoms. The molecule has 1 saturated heterocycles. The van der Waals surface area contributed by atoms with E-state index in [4.69, 9.17) is 0 Å². The first-order chi connectivity index (χ1) is 15.0. The minimum Gasteiger partial charge on any atom is -0.389 e. The van der Waals surface area contributed by atoms with Crippen LogP contribution in [0.15, 0.2) is 54.7 Å². The smallest absolute Gasteiger partial charge is 0.242 e. The molecule has 1 aliphatic heterocycles. The molecule has 0 saturated carbocycles. The molecule has 1 aromatic carbocycles. The van der Waals surface area contributed by atoms with Gasteiger partial charge in [0.1, 0.15) is 18.2 Å². The second kappa shape index (κ2) is 8.95. The van der Waals surface area contributed by atoms with E-state index in [9.17, 15) is 9.90 Å². The van der Waals surface area contributed by atoms with Gasteiger partial charge in [0.15, 0.2) is 0 Å². The van der Waals surface area contributed by atoms with Crippen LogP contribution in [0.1, 0.15) is 29.3 Å². The fourth-order valence-electron chi connectivity index (χ4n) is 4.28. The third-order valence-electron chi connectivity index (χ3n) is 5.84. The lowest BCUT2D eigenvalue weighted by molar-refractivity contribution is -0.128. The lowest BCUT2D eigenvalue weighted by Crippen LogP contribution is -2.62. The summed E-state index contributed by atoms with van der Waals surface area (Å²) in [4.78, 5) is 23.8. The molecular weight excluding hydrogens is 392 g/mol. The number of carbonyl (C=O) groups is 1. The molecule has 1 aliphatic rings. The summed E-state index contributed by atoms with van der Waals surface area (Å²) < 4.78 is 1.59. The van der Waals surface area contributed by atoms with E-state index in [-0.39, 0.29) is 12.5 Å². The van der Waals surface area contributed by atoms with Crippen LogP contribution < -0.4 is 5.32 Å². The van der Waals surface area contributed by atoms with E-state index >= 15 is 0 Å². The van der Waals surface area contributed by atoms with Crippen LogP contribution in [0.3, 0.4) is 0 Å². The molecule has 0 radical (unpaired) electrons. The lowest BCUT2D eigenvalue weighted by atomic mass is 9.78. The second-order valence-electron chi connectivity index (χ2n) is 8.07. The number of nitrogens with zero attached hydrogens (tertiary/aromatic N) is 5. The molecule has 0 unspecified atom stereocenters. The Morgan fingerprint density at radius 1 is 1.19 bits per heavy atom. The number of aromatic nitrogens is 4. The number of aryl methyl sites for hydroxylation is 2. The summed E-state index contributed by atoms with van der Waals surface area (Å²) in [6.07, 6.45) is 1.60. The number of aliphatic hydroxyl groups excluding tert-OH is 1. The van der Waals surface area contributed by atoms with Crippen molar-refractivity contribution in [1.29, 1.82) is 0 Å². The van der Waals surface area contributed by atoms with E-state index in [0.29, 0.717) is 31.2 Å². The normalized spacial score (nSPS) is 21.7. The van der Waals surface area contributed by atoms with Crippen molar-refractivity contribution < 1.29 is 9.90 Å². The highest BCUT2D eigenvalue weighted by atomic mass is 16.3. The molecule has 2 atom stereocenters. The number of piperidine rings is 1. The van der Waals surface area contributed by atoms with Crippen molar-refractivity contribution in [1.82, 2.24) is 30.0 Å². The number of benzene rings is 1. The van der Waals surface area contributed by atoms with Gasteiger partial charge in [-0.05, 0) is 38.0 Å². The van der Waals surface area contributed by atoms with Gasteiger partial charge in [-0.2, -0.15) is 5.10 Å². The second-order valence-corrected chi connectivity index (χ2v) is 8.07.